The summed E-state index contributed by atoms with van der Waals surface area (Å²) >= 11 is 0. The molecule has 0 bridgehead atoms. The average Bonchev–Trinajstić information content (AvgIpc) is 3.22. The predicted octanol–water partition coefficient (Wildman–Crippen LogP) is 3.24. The number of hydrogen-bond donors (Lipinski definition) is 0. The van der Waals surface area contributed by atoms with E-state index in [1.54, 1.807) is 25.1 Å². The van der Waals surface area contributed by atoms with E-state index in [4.69, 9.17) is 13.9 Å². The van der Waals surface area contributed by atoms with Crippen molar-refractivity contribution in [3.8, 4) is 0 Å². The normalized spacial score (nSPS) is 20.0. The van der Waals surface area contributed by atoms with Crippen molar-refractivity contribution in [2.45, 2.75) is 12.5 Å². The Morgan fingerprint density at radius 2 is 2.00 bits per heavy atom. The fourth-order valence-corrected chi connectivity index (χ4v) is 2.51. The van der Waals surface area contributed by atoms with Crippen LogP contribution in [0.3, 0.4) is 0 Å². The lowest BCUT2D eigenvalue weighted by Gasteiger charge is -2.24. The Morgan fingerprint density at radius 1 is 1.21 bits per heavy atom. The van der Waals surface area contributed by atoms with Gasteiger partial charge in [-0.3, -0.25) is 0 Å². The number of furan rings is 1. The molecule has 3 rings (SSSR count). The van der Waals surface area contributed by atoms with Crippen LogP contribution in [0, 0.1) is 0 Å². The highest BCUT2D eigenvalue weighted by Crippen LogP contribution is 2.39. The Bertz CT molecular complexity index is 786. The lowest BCUT2D eigenvalue weighted by Crippen LogP contribution is -2.40. The Hall–Kier alpha value is -3.08. The van der Waals surface area contributed by atoms with Gasteiger partial charge >= 0.3 is 11.9 Å². The third-order valence-electron chi connectivity index (χ3n) is 3.60. The number of rotatable bonds is 5. The van der Waals surface area contributed by atoms with E-state index in [9.17, 15) is 9.59 Å². The van der Waals surface area contributed by atoms with E-state index in [-0.39, 0.29) is 6.61 Å². The second-order valence-electron chi connectivity index (χ2n) is 5.16. The Balaban J connectivity index is 2.06. The highest BCUT2D eigenvalue weighted by Gasteiger charge is 2.51. The molecule has 5 heteroatoms. The molecule has 122 valence electrons. The van der Waals surface area contributed by atoms with Gasteiger partial charge in [-0.2, -0.15) is 0 Å². The van der Waals surface area contributed by atoms with Gasteiger partial charge in [0, 0.05) is 6.08 Å². The van der Waals surface area contributed by atoms with E-state index in [1.165, 1.54) is 18.4 Å². The zero-order valence-electron chi connectivity index (χ0n) is 13.1. The maximum Gasteiger partial charge on any atom is 0.359 e. The molecule has 0 fully saturated rings. The smallest absolute Gasteiger partial charge is 0.359 e. The molecule has 2 aromatic rings. The van der Waals surface area contributed by atoms with E-state index in [0.29, 0.717) is 11.3 Å². The van der Waals surface area contributed by atoms with Crippen LogP contribution in [0.25, 0.3) is 11.6 Å². The first-order valence-corrected chi connectivity index (χ1v) is 7.56. The Morgan fingerprint density at radius 3 is 2.67 bits per heavy atom. The van der Waals surface area contributed by atoms with Gasteiger partial charge in [-0.25, -0.2) is 9.59 Å². The molecule has 0 aliphatic carbocycles. The maximum atomic E-state index is 12.6. The maximum absolute atomic E-state index is 12.6. The lowest BCUT2D eigenvalue weighted by atomic mass is 9.91. The summed E-state index contributed by atoms with van der Waals surface area (Å²) in [6, 6.07) is 12.7. The second kappa shape index (κ2) is 6.58. The van der Waals surface area contributed by atoms with E-state index in [0.717, 1.165) is 5.56 Å². The van der Waals surface area contributed by atoms with Crippen molar-refractivity contribution in [3.05, 3.63) is 72.2 Å². The van der Waals surface area contributed by atoms with Crippen LogP contribution in [-0.4, -0.2) is 24.1 Å². The van der Waals surface area contributed by atoms with E-state index in [2.05, 4.69) is 0 Å². The van der Waals surface area contributed by atoms with Gasteiger partial charge in [0.25, 0.3) is 5.60 Å². The van der Waals surface area contributed by atoms with Crippen molar-refractivity contribution >= 4 is 23.6 Å². The third kappa shape index (κ3) is 2.88. The number of cyclic esters (lactones) is 1. The zero-order chi connectivity index (χ0) is 17.0. The van der Waals surface area contributed by atoms with Gasteiger partial charge in [0.2, 0.25) is 0 Å². The van der Waals surface area contributed by atoms with Crippen molar-refractivity contribution in [2.75, 3.05) is 6.61 Å². The monoisotopic (exact) mass is 324 g/mol. The first kappa shape index (κ1) is 15.8. The number of esters is 2. The van der Waals surface area contributed by atoms with Gasteiger partial charge in [0.15, 0.2) is 0 Å². The third-order valence-corrected chi connectivity index (χ3v) is 3.60. The average molecular weight is 324 g/mol. The number of carbonyl (C=O) groups excluding carboxylic acids is 2. The van der Waals surface area contributed by atoms with Crippen LogP contribution in [-0.2, 0) is 19.1 Å². The van der Waals surface area contributed by atoms with Gasteiger partial charge in [-0.1, -0.05) is 36.4 Å². The molecule has 5 nitrogen and oxygen atoms in total. The Labute approximate surface area is 139 Å². The molecule has 1 aliphatic heterocycles. The van der Waals surface area contributed by atoms with Crippen molar-refractivity contribution < 1.29 is 23.5 Å². The summed E-state index contributed by atoms with van der Waals surface area (Å²) in [4.78, 5) is 24.5. The molecule has 1 unspecified atom stereocenters. The minimum Gasteiger partial charge on any atom is -0.465 e. The number of ether oxygens (including phenoxy) is 2. The minimum absolute atomic E-state index is 0.169. The molecule has 1 aromatic carbocycles. The second-order valence-corrected chi connectivity index (χ2v) is 5.16. The van der Waals surface area contributed by atoms with Gasteiger partial charge in [-0.05, 0) is 30.7 Å². The molecular weight excluding hydrogens is 308 g/mol. The summed E-state index contributed by atoms with van der Waals surface area (Å²) < 4.78 is 15.9. The fraction of sp³-hybridized carbons (Fsp3) is 0.158. The van der Waals surface area contributed by atoms with Crippen molar-refractivity contribution in [3.63, 3.8) is 0 Å². The molecule has 0 amide bonds. The first-order valence-electron chi connectivity index (χ1n) is 7.56. The van der Waals surface area contributed by atoms with Gasteiger partial charge < -0.3 is 13.9 Å². The number of benzene rings is 1. The van der Waals surface area contributed by atoms with E-state index in [1.807, 2.05) is 30.3 Å². The van der Waals surface area contributed by atoms with Crippen LogP contribution in [0.4, 0.5) is 0 Å². The van der Waals surface area contributed by atoms with Crippen molar-refractivity contribution in [2.24, 2.45) is 0 Å². The van der Waals surface area contributed by atoms with Gasteiger partial charge in [0.05, 0.1) is 18.4 Å². The van der Waals surface area contributed by atoms with Crippen molar-refractivity contribution in [1.29, 1.82) is 0 Å². The first-order chi connectivity index (χ1) is 11.7. The topological polar surface area (TPSA) is 65.7 Å². The molecule has 0 saturated heterocycles. The Kier molecular flexibility index (Phi) is 4.33. The molecule has 0 N–H and O–H groups in total. The van der Waals surface area contributed by atoms with Crippen LogP contribution < -0.4 is 0 Å². The molecule has 0 saturated carbocycles. The highest BCUT2D eigenvalue weighted by molar-refractivity contribution is 6.10. The molecule has 1 aliphatic rings. The standard InChI is InChI=1S/C19H16O5/c1-2-22-18(21)19(11-10-14-7-4-3-5-8-14)15(13-17(20)24-19)16-9-6-12-23-16/h3-13H,2H2,1H3/b11-10+. The summed E-state index contributed by atoms with van der Waals surface area (Å²) in [7, 11) is 0. The molecule has 1 aromatic heterocycles. The van der Waals surface area contributed by atoms with Gasteiger partial charge in [0.1, 0.15) is 5.76 Å². The number of carbonyl (C=O) groups is 2. The highest BCUT2D eigenvalue weighted by atomic mass is 16.6. The summed E-state index contributed by atoms with van der Waals surface area (Å²) in [5, 5.41) is 0. The van der Waals surface area contributed by atoms with Crippen LogP contribution in [0.15, 0.2) is 65.3 Å². The molecule has 0 spiro atoms. The molecular formula is C19H16O5. The summed E-state index contributed by atoms with van der Waals surface area (Å²) in [6.45, 7) is 1.86. The molecule has 0 radical (unpaired) electrons. The minimum atomic E-state index is -1.65. The summed E-state index contributed by atoms with van der Waals surface area (Å²) in [6.07, 6.45) is 5.97. The van der Waals surface area contributed by atoms with E-state index >= 15 is 0 Å². The SMILES string of the molecule is CCOC(=O)C1(/C=C/c2ccccc2)OC(=O)C=C1c1ccco1. The summed E-state index contributed by atoms with van der Waals surface area (Å²) in [5.41, 5.74) is -0.466. The lowest BCUT2D eigenvalue weighted by molar-refractivity contribution is -0.165. The van der Waals surface area contributed by atoms with E-state index < -0.39 is 17.5 Å². The van der Waals surface area contributed by atoms with Crippen LogP contribution in [0.5, 0.6) is 0 Å². The van der Waals surface area contributed by atoms with Gasteiger partial charge in [-0.15, -0.1) is 0 Å². The predicted molar refractivity (Wildman–Crippen MR) is 87.6 cm³/mol. The molecule has 2 heterocycles. The quantitative estimate of drug-likeness (QED) is 0.790. The van der Waals surface area contributed by atoms with Crippen LogP contribution in [0.2, 0.25) is 0 Å². The largest absolute Gasteiger partial charge is 0.465 e. The molecule has 24 heavy (non-hydrogen) atoms. The van der Waals surface area contributed by atoms with Crippen molar-refractivity contribution in [1.82, 2.24) is 0 Å². The van der Waals surface area contributed by atoms with Crippen LogP contribution >= 0.6 is 0 Å². The fourth-order valence-electron chi connectivity index (χ4n) is 2.51. The summed E-state index contributed by atoms with van der Waals surface area (Å²) in [5.74, 6) is -0.899. The zero-order valence-corrected chi connectivity index (χ0v) is 13.1. The van der Waals surface area contributed by atoms with Crippen LogP contribution in [0.1, 0.15) is 18.2 Å². The number of hydrogen-bond acceptors (Lipinski definition) is 5. The molecule has 1 atom stereocenters.